The molecule has 3 N–H and O–H groups in total. The fourth-order valence-electron chi connectivity index (χ4n) is 2.94. The van der Waals surface area contributed by atoms with Crippen molar-refractivity contribution < 1.29 is 9.50 Å². The van der Waals surface area contributed by atoms with Crippen molar-refractivity contribution in [3.8, 4) is 11.1 Å². The van der Waals surface area contributed by atoms with Crippen LogP contribution < -0.4 is 5.73 Å². The van der Waals surface area contributed by atoms with Crippen LogP contribution in [-0.4, -0.2) is 22.3 Å². The SMILES string of the molecule is Cl.Cn1c(CC(N)CO)c(-c2ccc(F)cc2)c2ccccc21. The van der Waals surface area contributed by atoms with Crippen LogP contribution in [0.2, 0.25) is 0 Å². The van der Waals surface area contributed by atoms with Crippen molar-refractivity contribution in [3.63, 3.8) is 0 Å². The van der Waals surface area contributed by atoms with E-state index in [0.29, 0.717) is 6.42 Å². The van der Waals surface area contributed by atoms with Gasteiger partial charge in [-0.1, -0.05) is 30.3 Å². The summed E-state index contributed by atoms with van der Waals surface area (Å²) in [6.07, 6.45) is 0.564. The number of hydrogen-bond acceptors (Lipinski definition) is 2. The van der Waals surface area contributed by atoms with Crippen LogP contribution in [0, 0.1) is 5.82 Å². The Labute approximate surface area is 141 Å². The van der Waals surface area contributed by atoms with E-state index in [4.69, 9.17) is 5.73 Å². The molecule has 0 fully saturated rings. The third kappa shape index (κ3) is 3.24. The normalized spacial score (nSPS) is 12.2. The van der Waals surface area contributed by atoms with Crippen molar-refractivity contribution in [2.45, 2.75) is 12.5 Å². The molecule has 0 amide bonds. The first-order chi connectivity index (χ1) is 10.6. The summed E-state index contributed by atoms with van der Waals surface area (Å²) in [7, 11) is 1.99. The van der Waals surface area contributed by atoms with E-state index in [2.05, 4.69) is 16.7 Å². The van der Waals surface area contributed by atoms with E-state index in [1.54, 1.807) is 12.1 Å². The maximum atomic E-state index is 13.2. The van der Waals surface area contributed by atoms with Gasteiger partial charge in [0.25, 0.3) is 0 Å². The molecule has 1 aromatic heterocycles. The fourth-order valence-corrected chi connectivity index (χ4v) is 2.94. The van der Waals surface area contributed by atoms with Gasteiger partial charge < -0.3 is 15.4 Å². The molecule has 122 valence electrons. The van der Waals surface area contributed by atoms with Crippen LogP contribution in [0.4, 0.5) is 4.39 Å². The van der Waals surface area contributed by atoms with Gasteiger partial charge >= 0.3 is 0 Å². The van der Waals surface area contributed by atoms with Crippen molar-refractivity contribution >= 4 is 23.3 Å². The van der Waals surface area contributed by atoms with E-state index in [9.17, 15) is 9.50 Å². The molecule has 0 spiro atoms. The third-order valence-corrected chi connectivity index (χ3v) is 4.05. The van der Waals surface area contributed by atoms with E-state index in [1.807, 2.05) is 19.2 Å². The summed E-state index contributed by atoms with van der Waals surface area (Å²) in [4.78, 5) is 0. The predicted octanol–water partition coefficient (Wildman–Crippen LogP) is 3.27. The summed E-state index contributed by atoms with van der Waals surface area (Å²) in [5, 5.41) is 10.4. The summed E-state index contributed by atoms with van der Waals surface area (Å²) in [5.74, 6) is -0.252. The van der Waals surface area contributed by atoms with E-state index in [0.717, 1.165) is 27.7 Å². The summed E-state index contributed by atoms with van der Waals surface area (Å²) in [5.41, 5.74) is 10.1. The minimum Gasteiger partial charge on any atom is -0.395 e. The second-order valence-electron chi connectivity index (χ2n) is 5.55. The van der Waals surface area contributed by atoms with E-state index in [1.165, 1.54) is 12.1 Å². The van der Waals surface area contributed by atoms with Gasteiger partial charge in [0.2, 0.25) is 0 Å². The van der Waals surface area contributed by atoms with Gasteiger partial charge in [0, 0.05) is 41.7 Å². The number of aryl methyl sites for hydroxylation is 1. The number of hydrogen-bond donors (Lipinski definition) is 2. The number of nitrogens with zero attached hydrogens (tertiary/aromatic N) is 1. The standard InChI is InChI=1S/C18H19FN2O.ClH/c1-21-16-5-3-2-4-15(16)18(17(21)10-14(20)11-22)12-6-8-13(19)9-7-12;/h2-9,14,22H,10-11,20H2,1H3;1H. The molecule has 3 aromatic rings. The Balaban J connectivity index is 0.00000192. The molecule has 0 bridgehead atoms. The highest BCUT2D eigenvalue weighted by molar-refractivity contribution is 5.98. The molecule has 0 aliphatic heterocycles. The predicted molar refractivity (Wildman–Crippen MR) is 94.3 cm³/mol. The lowest BCUT2D eigenvalue weighted by molar-refractivity contribution is 0.264. The van der Waals surface area contributed by atoms with Crippen molar-refractivity contribution in [2.75, 3.05) is 6.61 Å². The molecule has 0 radical (unpaired) electrons. The van der Waals surface area contributed by atoms with Crippen LogP contribution in [0.5, 0.6) is 0 Å². The van der Waals surface area contributed by atoms with Gasteiger partial charge in [-0.05, 0) is 23.8 Å². The molecule has 0 saturated heterocycles. The second kappa shape index (κ2) is 7.13. The van der Waals surface area contributed by atoms with Crippen LogP contribution in [-0.2, 0) is 13.5 Å². The van der Waals surface area contributed by atoms with Crippen LogP contribution in [0.15, 0.2) is 48.5 Å². The smallest absolute Gasteiger partial charge is 0.123 e. The van der Waals surface area contributed by atoms with Crippen molar-refractivity contribution in [1.82, 2.24) is 4.57 Å². The Kier molecular flexibility index (Phi) is 5.42. The quantitative estimate of drug-likeness (QED) is 0.769. The first kappa shape index (κ1) is 17.5. The van der Waals surface area contributed by atoms with Crippen molar-refractivity contribution in [1.29, 1.82) is 0 Å². The largest absolute Gasteiger partial charge is 0.395 e. The lowest BCUT2D eigenvalue weighted by Gasteiger charge is -2.12. The second-order valence-corrected chi connectivity index (χ2v) is 5.55. The molecular weight excluding hydrogens is 315 g/mol. The van der Waals surface area contributed by atoms with Gasteiger partial charge in [-0.3, -0.25) is 0 Å². The lowest BCUT2D eigenvalue weighted by atomic mass is 9.99. The Morgan fingerprint density at radius 1 is 1.13 bits per heavy atom. The summed E-state index contributed by atoms with van der Waals surface area (Å²) < 4.78 is 15.3. The molecular formula is C18H20ClFN2O. The number of aromatic nitrogens is 1. The number of aliphatic hydroxyl groups is 1. The van der Waals surface area contributed by atoms with Gasteiger partial charge in [0.05, 0.1) is 6.61 Å². The number of benzene rings is 2. The summed E-state index contributed by atoms with van der Waals surface area (Å²) in [6, 6.07) is 14.3. The van der Waals surface area contributed by atoms with Crippen LogP contribution in [0.3, 0.4) is 0 Å². The van der Waals surface area contributed by atoms with Gasteiger partial charge in [0.15, 0.2) is 0 Å². The Morgan fingerprint density at radius 2 is 1.78 bits per heavy atom. The highest BCUT2D eigenvalue weighted by Gasteiger charge is 2.18. The molecule has 0 saturated carbocycles. The van der Waals surface area contributed by atoms with Gasteiger partial charge in [-0.2, -0.15) is 0 Å². The van der Waals surface area contributed by atoms with E-state index < -0.39 is 0 Å². The molecule has 23 heavy (non-hydrogen) atoms. The zero-order valence-electron chi connectivity index (χ0n) is 12.9. The number of para-hydroxylation sites is 1. The van der Waals surface area contributed by atoms with Gasteiger partial charge in [0.1, 0.15) is 5.82 Å². The first-order valence-electron chi connectivity index (χ1n) is 7.30. The molecule has 1 unspecified atom stereocenters. The highest BCUT2D eigenvalue weighted by Crippen LogP contribution is 2.35. The number of nitrogens with two attached hydrogens (primary N) is 1. The molecule has 2 aromatic carbocycles. The summed E-state index contributed by atoms with van der Waals surface area (Å²) >= 11 is 0. The molecule has 1 heterocycles. The minimum absolute atomic E-state index is 0. The zero-order chi connectivity index (χ0) is 15.7. The van der Waals surface area contributed by atoms with Crippen LogP contribution >= 0.6 is 12.4 Å². The van der Waals surface area contributed by atoms with Crippen molar-refractivity contribution in [2.24, 2.45) is 12.8 Å². The number of fused-ring (bicyclic) bond motifs is 1. The van der Waals surface area contributed by atoms with Gasteiger partial charge in [-0.15, -0.1) is 12.4 Å². The molecule has 1 atom stereocenters. The average Bonchev–Trinajstić information content (AvgIpc) is 2.81. The summed E-state index contributed by atoms with van der Waals surface area (Å²) in [6.45, 7) is -0.0651. The first-order valence-corrected chi connectivity index (χ1v) is 7.30. The molecule has 3 rings (SSSR count). The topological polar surface area (TPSA) is 51.2 Å². The number of rotatable bonds is 4. The zero-order valence-corrected chi connectivity index (χ0v) is 13.7. The van der Waals surface area contributed by atoms with Gasteiger partial charge in [-0.25, -0.2) is 4.39 Å². The maximum Gasteiger partial charge on any atom is 0.123 e. The molecule has 3 nitrogen and oxygen atoms in total. The maximum absolute atomic E-state index is 13.2. The van der Waals surface area contributed by atoms with Crippen LogP contribution in [0.1, 0.15) is 5.69 Å². The monoisotopic (exact) mass is 334 g/mol. The number of halogens is 2. The van der Waals surface area contributed by atoms with E-state index in [-0.39, 0.29) is 30.9 Å². The fraction of sp³-hybridized carbons (Fsp3) is 0.222. The van der Waals surface area contributed by atoms with E-state index >= 15 is 0 Å². The molecule has 5 heteroatoms. The molecule has 0 aliphatic rings. The lowest BCUT2D eigenvalue weighted by Crippen LogP contribution is -2.28. The third-order valence-electron chi connectivity index (χ3n) is 4.05. The van der Waals surface area contributed by atoms with Crippen molar-refractivity contribution in [3.05, 3.63) is 60.0 Å². The Bertz CT molecular complexity index is 799. The minimum atomic E-state index is -0.317. The highest BCUT2D eigenvalue weighted by atomic mass is 35.5. The Hall–Kier alpha value is -1.88. The van der Waals surface area contributed by atoms with Crippen LogP contribution in [0.25, 0.3) is 22.0 Å². The average molecular weight is 335 g/mol. The number of aliphatic hydroxyl groups excluding tert-OH is 1. The molecule has 0 aliphatic carbocycles. The Morgan fingerprint density at radius 3 is 2.43 bits per heavy atom.